The molecule has 0 saturated carbocycles. The third-order valence-electron chi connectivity index (χ3n) is 5.60. The van der Waals surface area contributed by atoms with Gasteiger partial charge in [-0.05, 0) is 13.3 Å². The van der Waals surface area contributed by atoms with Crippen LogP contribution in [-0.4, -0.2) is 35.9 Å². The van der Waals surface area contributed by atoms with Crippen molar-refractivity contribution in [3.63, 3.8) is 0 Å². The van der Waals surface area contributed by atoms with Crippen LogP contribution >= 0.6 is 0 Å². The Morgan fingerprint density at radius 1 is 0.852 bits per heavy atom. The summed E-state index contributed by atoms with van der Waals surface area (Å²) in [7, 11) is 0. The number of aliphatic hydroxyl groups is 1. The molecular formula is C23H45NO3. The summed E-state index contributed by atoms with van der Waals surface area (Å²) >= 11 is 0. The van der Waals surface area contributed by atoms with E-state index in [-0.39, 0.29) is 30.8 Å². The maximum Gasteiger partial charge on any atom is 0.252 e. The molecular weight excluding hydrogens is 338 g/mol. The van der Waals surface area contributed by atoms with E-state index in [1.54, 1.807) is 6.92 Å². The molecule has 1 amide bonds. The largest absolute Gasteiger partial charge is 0.394 e. The van der Waals surface area contributed by atoms with Crippen LogP contribution in [0.15, 0.2) is 0 Å². The van der Waals surface area contributed by atoms with Gasteiger partial charge in [-0.15, -0.1) is 0 Å². The van der Waals surface area contributed by atoms with Crippen molar-refractivity contribution in [3.05, 3.63) is 0 Å². The van der Waals surface area contributed by atoms with Gasteiger partial charge in [0.1, 0.15) is 0 Å². The highest BCUT2D eigenvalue weighted by Crippen LogP contribution is 2.28. The van der Waals surface area contributed by atoms with Crippen LogP contribution in [0.3, 0.4) is 0 Å². The number of carbonyl (C=O) groups is 1. The standard InChI is InChI=1S/C23H45NO3/c1-3-4-5-6-7-8-9-10-11-12-13-14-15-16-17-18-21-22(27-21)23(26)24-20(2)19-25/h20-22,25H,3-19H2,1-2H3,(H,24,26)/t20-,21?,22?/m1/s1. The van der Waals surface area contributed by atoms with Gasteiger partial charge >= 0.3 is 0 Å². The summed E-state index contributed by atoms with van der Waals surface area (Å²) in [5.41, 5.74) is 0. The molecule has 1 aliphatic rings. The number of unbranched alkanes of at least 4 members (excludes halogenated alkanes) is 14. The Morgan fingerprint density at radius 3 is 1.74 bits per heavy atom. The molecule has 0 bridgehead atoms. The van der Waals surface area contributed by atoms with Crippen molar-refractivity contribution in [3.8, 4) is 0 Å². The fourth-order valence-corrected chi connectivity index (χ4v) is 3.68. The molecule has 1 saturated heterocycles. The minimum Gasteiger partial charge on any atom is -0.394 e. The third-order valence-corrected chi connectivity index (χ3v) is 5.60. The average molecular weight is 384 g/mol. The summed E-state index contributed by atoms with van der Waals surface area (Å²) in [6, 6.07) is -0.187. The lowest BCUT2D eigenvalue weighted by molar-refractivity contribution is -0.123. The Hall–Kier alpha value is -0.610. The summed E-state index contributed by atoms with van der Waals surface area (Å²) in [5.74, 6) is -0.0671. The van der Waals surface area contributed by atoms with Crippen molar-refractivity contribution >= 4 is 5.91 Å². The van der Waals surface area contributed by atoms with Gasteiger partial charge in [-0.1, -0.05) is 103 Å². The first-order valence-electron chi connectivity index (χ1n) is 11.8. The first kappa shape index (κ1) is 24.4. The van der Waals surface area contributed by atoms with Crippen LogP contribution in [0.25, 0.3) is 0 Å². The fraction of sp³-hybridized carbons (Fsp3) is 0.957. The second-order valence-corrected chi connectivity index (χ2v) is 8.43. The van der Waals surface area contributed by atoms with E-state index < -0.39 is 0 Å². The number of rotatable bonds is 19. The Balaban J connectivity index is 1.76. The van der Waals surface area contributed by atoms with Crippen LogP contribution in [0.2, 0.25) is 0 Å². The molecule has 27 heavy (non-hydrogen) atoms. The first-order chi connectivity index (χ1) is 13.2. The molecule has 1 aliphatic heterocycles. The van der Waals surface area contributed by atoms with Gasteiger partial charge in [0.2, 0.25) is 0 Å². The van der Waals surface area contributed by atoms with Crippen LogP contribution in [-0.2, 0) is 9.53 Å². The van der Waals surface area contributed by atoms with Crippen LogP contribution in [0.1, 0.15) is 117 Å². The maximum absolute atomic E-state index is 11.8. The van der Waals surface area contributed by atoms with Crippen molar-refractivity contribution in [1.82, 2.24) is 5.32 Å². The monoisotopic (exact) mass is 383 g/mol. The number of aliphatic hydroxyl groups excluding tert-OH is 1. The molecule has 4 nitrogen and oxygen atoms in total. The highest BCUT2D eigenvalue weighted by molar-refractivity contribution is 5.83. The topological polar surface area (TPSA) is 61.9 Å². The number of hydrogen-bond acceptors (Lipinski definition) is 3. The van der Waals surface area contributed by atoms with E-state index in [4.69, 9.17) is 9.84 Å². The summed E-state index contributed by atoms with van der Waals surface area (Å²) in [4.78, 5) is 11.8. The molecule has 0 spiro atoms. The van der Waals surface area contributed by atoms with Crippen LogP contribution in [0.5, 0.6) is 0 Å². The molecule has 1 rings (SSSR count). The van der Waals surface area contributed by atoms with Crippen molar-refractivity contribution in [2.24, 2.45) is 0 Å². The van der Waals surface area contributed by atoms with E-state index in [2.05, 4.69) is 12.2 Å². The quantitative estimate of drug-likeness (QED) is 0.228. The smallest absolute Gasteiger partial charge is 0.252 e. The number of nitrogens with one attached hydrogen (secondary N) is 1. The van der Waals surface area contributed by atoms with Gasteiger partial charge in [-0.25, -0.2) is 0 Å². The lowest BCUT2D eigenvalue weighted by atomic mass is 10.0. The molecule has 4 heteroatoms. The Labute approximate surface area is 167 Å². The average Bonchev–Trinajstić information content (AvgIpc) is 3.44. The van der Waals surface area contributed by atoms with E-state index in [9.17, 15) is 4.79 Å². The summed E-state index contributed by atoms with van der Waals surface area (Å²) < 4.78 is 5.45. The van der Waals surface area contributed by atoms with Gasteiger partial charge in [-0.2, -0.15) is 0 Å². The SMILES string of the molecule is CCCCCCCCCCCCCCCCCC1OC1C(=O)N[C@H](C)CO. The molecule has 0 aliphatic carbocycles. The van der Waals surface area contributed by atoms with Gasteiger partial charge < -0.3 is 15.2 Å². The number of epoxide rings is 1. The van der Waals surface area contributed by atoms with E-state index in [0.717, 1.165) is 12.8 Å². The molecule has 1 fully saturated rings. The zero-order valence-corrected chi connectivity index (χ0v) is 18.0. The molecule has 0 aromatic rings. The molecule has 1 heterocycles. The molecule has 0 aromatic heterocycles. The zero-order valence-electron chi connectivity index (χ0n) is 18.0. The Bertz CT molecular complexity index is 362. The summed E-state index contributed by atoms with van der Waals surface area (Å²) in [6.45, 7) is 4.05. The molecule has 3 atom stereocenters. The van der Waals surface area contributed by atoms with E-state index >= 15 is 0 Å². The Morgan fingerprint density at radius 2 is 1.30 bits per heavy atom. The van der Waals surface area contributed by atoms with Crippen LogP contribution in [0, 0.1) is 0 Å². The highest BCUT2D eigenvalue weighted by Gasteiger charge is 2.44. The number of amides is 1. The predicted molar refractivity (Wildman–Crippen MR) is 113 cm³/mol. The van der Waals surface area contributed by atoms with Crippen LogP contribution < -0.4 is 5.32 Å². The van der Waals surface area contributed by atoms with Gasteiger partial charge in [0.15, 0.2) is 6.10 Å². The minimum absolute atomic E-state index is 0.0256. The van der Waals surface area contributed by atoms with Gasteiger partial charge in [0.05, 0.1) is 12.7 Å². The molecule has 0 aromatic carbocycles. The van der Waals surface area contributed by atoms with Crippen molar-refractivity contribution in [2.45, 2.75) is 135 Å². The van der Waals surface area contributed by atoms with Gasteiger partial charge in [0.25, 0.3) is 5.91 Å². The lowest BCUT2D eigenvalue weighted by Crippen LogP contribution is -2.38. The number of hydrogen-bond donors (Lipinski definition) is 2. The first-order valence-corrected chi connectivity index (χ1v) is 11.8. The van der Waals surface area contributed by atoms with E-state index in [1.807, 2.05) is 0 Å². The fourth-order valence-electron chi connectivity index (χ4n) is 3.68. The molecule has 2 N–H and O–H groups in total. The number of ether oxygens (including phenoxy) is 1. The van der Waals surface area contributed by atoms with E-state index in [0.29, 0.717) is 0 Å². The maximum atomic E-state index is 11.8. The number of carbonyl (C=O) groups excluding carboxylic acids is 1. The van der Waals surface area contributed by atoms with E-state index in [1.165, 1.54) is 89.9 Å². The normalized spacial score (nSPS) is 19.8. The predicted octanol–water partition coefficient (Wildman–Crippen LogP) is 5.51. The molecule has 0 radical (unpaired) electrons. The van der Waals surface area contributed by atoms with Crippen molar-refractivity contribution < 1.29 is 14.6 Å². The second-order valence-electron chi connectivity index (χ2n) is 8.43. The summed E-state index contributed by atoms with van der Waals surface area (Å²) in [6.07, 6.45) is 21.4. The zero-order chi connectivity index (χ0) is 19.7. The van der Waals surface area contributed by atoms with Gasteiger partial charge in [0, 0.05) is 6.04 Å². The van der Waals surface area contributed by atoms with Gasteiger partial charge in [-0.3, -0.25) is 4.79 Å². The van der Waals surface area contributed by atoms with Crippen LogP contribution in [0.4, 0.5) is 0 Å². The molecule has 2 unspecified atom stereocenters. The minimum atomic E-state index is -0.273. The van der Waals surface area contributed by atoms with Crippen molar-refractivity contribution in [2.75, 3.05) is 6.61 Å². The highest BCUT2D eigenvalue weighted by atomic mass is 16.6. The second kappa shape index (κ2) is 16.4. The third kappa shape index (κ3) is 13.2. The molecule has 160 valence electrons. The lowest BCUT2D eigenvalue weighted by Gasteiger charge is -2.08. The van der Waals surface area contributed by atoms with Crippen molar-refractivity contribution in [1.29, 1.82) is 0 Å². The Kier molecular flexibility index (Phi) is 14.8. The summed E-state index contributed by atoms with van der Waals surface area (Å²) in [5, 5.41) is 11.7.